The highest BCUT2D eigenvalue weighted by Gasteiger charge is 2.12. The van der Waals surface area contributed by atoms with E-state index in [1.807, 2.05) is 34.9 Å². The SMILES string of the molecule is Cc1ccc(-c2nc3ccc(Br)cn3c2N)cc1Br. The van der Waals surface area contributed by atoms with Crippen LogP contribution in [0.2, 0.25) is 0 Å². The maximum atomic E-state index is 6.19. The van der Waals surface area contributed by atoms with Gasteiger partial charge in [-0.05, 0) is 46.6 Å². The van der Waals surface area contributed by atoms with Crippen molar-refractivity contribution in [2.45, 2.75) is 6.92 Å². The molecule has 2 N–H and O–H groups in total. The Labute approximate surface area is 127 Å². The predicted octanol–water partition coefficient (Wildman–Crippen LogP) is 4.42. The zero-order chi connectivity index (χ0) is 13.6. The van der Waals surface area contributed by atoms with Crippen LogP contribution in [0.5, 0.6) is 0 Å². The molecular weight excluding hydrogens is 370 g/mol. The van der Waals surface area contributed by atoms with Crippen molar-refractivity contribution in [2.24, 2.45) is 0 Å². The third-order valence-electron chi connectivity index (χ3n) is 3.06. The standard InChI is InChI=1S/C14H11Br2N3/c1-8-2-3-9(6-11(8)16)13-14(17)19-7-10(15)4-5-12(19)18-13/h2-7H,17H2,1H3. The summed E-state index contributed by atoms with van der Waals surface area (Å²) in [6.45, 7) is 2.05. The van der Waals surface area contributed by atoms with Gasteiger partial charge in [0.25, 0.3) is 0 Å². The second kappa shape index (κ2) is 4.65. The van der Waals surface area contributed by atoms with Gasteiger partial charge >= 0.3 is 0 Å². The number of anilines is 1. The van der Waals surface area contributed by atoms with Crippen molar-refractivity contribution >= 4 is 43.3 Å². The van der Waals surface area contributed by atoms with Gasteiger partial charge in [-0.1, -0.05) is 28.1 Å². The minimum atomic E-state index is 0.645. The molecule has 0 amide bonds. The second-order valence-electron chi connectivity index (χ2n) is 4.39. The molecule has 0 radical (unpaired) electrons. The average molecular weight is 381 g/mol. The first-order valence-corrected chi connectivity index (χ1v) is 7.34. The van der Waals surface area contributed by atoms with Crippen LogP contribution in [0.15, 0.2) is 45.5 Å². The lowest BCUT2D eigenvalue weighted by Crippen LogP contribution is -1.94. The molecule has 0 saturated carbocycles. The summed E-state index contributed by atoms with van der Waals surface area (Å²) >= 11 is 6.98. The number of nitrogens with zero attached hydrogens (tertiary/aromatic N) is 2. The van der Waals surface area contributed by atoms with Crippen molar-refractivity contribution in [1.29, 1.82) is 0 Å². The number of imidazole rings is 1. The molecule has 3 rings (SSSR count). The third-order valence-corrected chi connectivity index (χ3v) is 4.39. The largest absolute Gasteiger partial charge is 0.383 e. The average Bonchev–Trinajstić information content (AvgIpc) is 2.70. The van der Waals surface area contributed by atoms with Gasteiger partial charge in [0.05, 0.1) is 0 Å². The van der Waals surface area contributed by atoms with Gasteiger partial charge in [0.2, 0.25) is 0 Å². The fourth-order valence-corrected chi connectivity index (χ4v) is 2.71. The highest BCUT2D eigenvalue weighted by Crippen LogP contribution is 2.30. The number of fused-ring (bicyclic) bond motifs is 1. The van der Waals surface area contributed by atoms with Crippen molar-refractivity contribution in [1.82, 2.24) is 9.38 Å². The Morgan fingerprint density at radius 3 is 2.68 bits per heavy atom. The summed E-state index contributed by atoms with van der Waals surface area (Å²) < 4.78 is 3.91. The van der Waals surface area contributed by atoms with Gasteiger partial charge in [0.1, 0.15) is 17.2 Å². The number of benzene rings is 1. The molecule has 0 fully saturated rings. The molecular formula is C14H11Br2N3. The van der Waals surface area contributed by atoms with Crippen molar-refractivity contribution in [3.8, 4) is 11.3 Å². The lowest BCUT2D eigenvalue weighted by Gasteiger charge is -2.03. The van der Waals surface area contributed by atoms with E-state index >= 15 is 0 Å². The summed E-state index contributed by atoms with van der Waals surface area (Å²) in [6, 6.07) is 10.0. The van der Waals surface area contributed by atoms with Crippen molar-refractivity contribution in [3.05, 3.63) is 51.0 Å². The normalized spacial score (nSPS) is 11.1. The topological polar surface area (TPSA) is 43.3 Å². The van der Waals surface area contributed by atoms with Crippen LogP contribution in [0.1, 0.15) is 5.56 Å². The van der Waals surface area contributed by atoms with Crippen LogP contribution in [-0.2, 0) is 0 Å². The maximum absolute atomic E-state index is 6.19. The smallest absolute Gasteiger partial charge is 0.139 e. The fourth-order valence-electron chi connectivity index (χ4n) is 1.99. The van der Waals surface area contributed by atoms with E-state index < -0.39 is 0 Å². The van der Waals surface area contributed by atoms with E-state index in [9.17, 15) is 0 Å². The number of aromatic nitrogens is 2. The van der Waals surface area contributed by atoms with Gasteiger partial charge in [-0.25, -0.2) is 4.98 Å². The number of hydrogen-bond acceptors (Lipinski definition) is 2. The van der Waals surface area contributed by atoms with Gasteiger partial charge in [0.15, 0.2) is 0 Å². The molecule has 0 aliphatic rings. The Balaban J connectivity index is 2.24. The summed E-state index contributed by atoms with van der Waals surface area (Å²) in [6.07, 6.45) is 1.92. The fraction of sp³-hybridized carbons (Fsp3) is 0.0714. The lowest BCUT2D eigenvalue weighted by molar-refractivity contribution is 1.18. The van der Waals surface area contributed by atoms with E-state index in [4.69, 9.17) is 5.73 Å². The zero-order valence-corrected chi connectivity index (χ0v) is 13.4. The summed E-state index contributed by atoms with van der Waals surface area (Å²) in [5.41, 5.74) is 10.0. The Morgan fingerprint density at radius 2 is 1.95 bits per heavy atom. The first-order valence-electron chi connectivity index (χ1n) is 5.76. The molecule has 0 aliphatic heterocycles. The van der Waals surface area contributed by atoms with Crippen LogP contribution in [0, 0.1) is 6.92 Å². The number of nitrogen functional groups attached to an aromatic ring is 1. The van der Waals surface area contributed by atoms with Crippen molar-refractivity contribution in [3.63, 3.8) is 0 Å². The molecule has 2 heterocycles. The zero-order valence-electron chi connectivity index (χ0n) is 10.2. The van der Waals surface area contributed by atoms with Crippen LogP contribution >= 0.6 is 31.9 Å². The second-order valence-corrected chi connectivity index (χ2v) is 6.16. The molecule has 0 atom stereocenters. The molecule has 3 aromatic rings. The van der Waals surface area contributed by atoms with Crippen LogP contribution in [0.3, 0.4) is 0 Å². The van der Waals surface area contributed by atoms with Gasteiger partial charge < -0.3 is 5.73 Å². The number of aryl methyl sites for hydroxylation is 1. The first-order chi connectivity index (χ1) is 9.06. The van der Waals surface area contributed by atoms with E-state index in [1.54, 1.807) is 0 Å². The Morgan fingerprint density at radius 1 is 1.16 bits per heavy atom. The van der Waals surface area contributed by atoms with Crippen LogP contribution < -0.4 is 5.73 Å². The number of nitrogens with two attached hydrogens (primary N) is 1. The van der Waals surface area contributed by atoms with Crippen LogP contribution in [0.25, 0.3) is 16.9 Å². The van der Waals surface area contributed by atoms with E-state index in [2.05, 4.69) is 49.8 Å². The molecule has 0 spiro atoms. The molecule has 19 heavy (non-hydrogen) atoms. The van der Waals surface area contributed by atoms with E-state index in [-0.39, 0.29) is 0 Å². The van der Waals surface area contributed by atoms with Gasteiger partial charge in [-0.3, -0.25) is 4.40 Å². The minimum absolute atomic E-state index is 0.645. The van der Waals surface area contributed by atoms with Gasteiger partial charge in [-0.15, -0.1) is 0 Å². The lowest BCUT2D eigenvalue weighted by atomic mass is 10.1. The Bertz CT molecular complexity index is 778. The molecule has 2 aromatic heterocycles. The highest BCUT2D eigenvalue weighted by molar-refractivity contribution is 9.10. The van der Waals surface area contributed by atoms with Gasteiger partial charge in [0, 0.05) is 20.7 Å². The first kappa shape index (κ1) is 12.7. The van der Waals surface area contributed by atoms with Crippen LogP contribution in [-0.4, -0.2) is 9.38 Å². The van der Waals surface area contributed by atoms with E-state index in [0.717, 1.165) is 25.8 Å². The molecule has 0 saturated heterocycles. The van der Waals surface area contributed by atoms with E-state index in [1.165, 1.54) is 5.56 Å². The minimum Gasteiger partial charge on any atom is -0.383 e. The number of hydrogen-bond donors (Lipinski definition) is 1. The van der Waals surface area contributed by atoms with Crippen molar-refractivity contribution < 1.29 is 0 Å². The number of rotatable bonds is 1. The summed E-state index contributed by atoms with van der Waals surface area (Å²) in [5.74, 6) is 0.645. The predicted molar refractivity (Wildman–Crippen MR) is 85.2 cm³/mol. The third kappa shape index (κ3) is 2.17. The monoisotopic (exact) mass is 379 g/mol. The Kier molecular flexibility index (Phi) is 3.11. The Hall–Kier alpha value is -1.33. The maximum Gasteiger partial charge on any atom is 0.139 e. The molecule has 96 valence electrons. The number of pyridine rings is 1. The molecule has 0 unspecified atom stereocenters. The van der Waals surface area contributed by atoms with Crippen molar-refractivity contribution in [2.75, 3.05) is 5.73 Å². The van der Waals surface area contributed by atoms with Crippen LogP contribution in [0.4, 0.5) is 5.82 Å². The molecule has 5 heteroatoms. The molecule has 0 aliphatic carbocycles. The molecule has 1 aromatic carbocycles. The highest BCUT2D eigenvalue weighted by atomic mass is 79.9. The summed E-state index contributed by atoms with van der Waals surface area (Å²) in [4.78, 5) is 4.59. The van der Waals surface area contributed by atoms with Gasteiger partial charge in [-0.2, -0.15) is 0 Å². The summed E-state index contributed by atoms with van der Waals surface area (Å²) in [5, 5.41) is 0. The number of halogens is 2. The summed E-state index contributed by atoms with van der Waals surface area (Å²) in [7, 11) is 0. The van der Waals surface area contributed by atoms with E-state index in [0.29, 0.717) is 5.82 Å². The molecule has 0 bridgehead atoms. The quantitative estimate of drug-likeness (QED) is 0.679. The molecule has 3 nitrogen and oxygen atoms in total.